The number of aromatic amines is 1. The Kier molecular flexibility index (Phi) is 4.62. The SMILES string of the molecule is C=CCN(C)S(=O)(=O)c1[nH]ncc1C(=O)OCC. The summed E-state index contributed by atoms with van der Waals surface area (Å²) in [6.45, 7) is 5.38. The van der Waals surface area contributed by atoms with E-state index in [4.69, 9.17) is 4.74 Å². The maximum Gasteiger partial charge on any atom is 0.342 e. The highest BCUT2D eigenvalue weighted by molar-refractivity contribution is 7.89. The van der Waals surface area contributed by atoms with Gasteiger partial charge in [-0.1, -0.05) is 6.08 Å². The third kappa shape index (κ3) is 2.77. The second-order valence-corrected chi connectivity index (χ2v) is 5.39. The summed E-state index contributed by atoms with van der Waals surface area (Å²) in [4.78, 5) is 11.6. The van der Waals surface area contributed by atoms with Gasteiger partial charge >= 0.3 is 5.97 Å². The van der Waals surface area contributed by atoms with Gasteiger partial charge in [0.1, 0.15) is 5.56 Å². The second-order valence-electron chi connectivity index (χ2n) is 3.41. The van der Waals surface area contributed by atoms with Gasteiger partial charge in [-0.3, -0.25) is 5.10 Å². The summed E-state index contributed by atoms with van der Waals surface area (Å²) in [5, 5.41) is 5.61. The average molecular weight is 273 g/mol. The zero-order chi connectivity index (χ0) is 13.8. The zero-order valence-corrected chi connectivity index (χ0v) is 11.0. The first-order valence-electron chi connectivity index (χ1n) is 5.22. The van der Waals surface area contributed by atoms with E-state index in [1.54, 1.807) is 6.92 Å². The van der Waals surface area contributed by atoms with E-state index < -0.39 is 16.0 Å². The van der Waals surface area contributed by atoms with Gasteiger partial charge < -0.3 is 4.74 Å². The van der Waals surface area contributed by atoms with Gasteiger partial charge in [-0.25, -0.2) is 13.2 Å². The molecule has 7 nitrogen and oxygen atoms in total. The van der Waals surface area contributed by atoms with Gasteiger partial charge in [0.2, 0.25) is 0 Å². The second kappa shape index (κ2) is 5.78. The van der Waals surface area contributed by atoms with Crippen molar-refractivity contribution in [2.75, 3.05) is 20.2 Å². The van der Waals surface area contributed by atoms with Crippen LogP contribution in [0, 0.1) is 0 Å². The van der Waals surface area contributed by atoms with Crippen LogP contribution in [0.1, 0.15) is 17.3 Å². The molecule has 1 rings (SSSR count). The fourth-order valence-corrected chi connectivity index (χ4v) is 2.46. The number of nitrogens with zero attached hydrogens (tertiary/aromatic N) is 2. The summed E-state index contributed by atoms with van der Waals surface area (Å²) in [5.41, 5.74) is -0.104. The summed E-state index contributed by atoms with van der Waals surface area (Å²) in [5.74, 6) is -0.725. The number of H-pyrrole nitrogens is 1. The molecule has 1 heterocycles. The number of aromatic nitrogens is 2. The van der Waals surface area contributed by atoms with Gasteiger partial charge in [-0.2, -0.15) is 9.40 Å². The molecule has 18 heavy (non-hydrogen) atoms. The van der Waals surface area contributed by atoms with E-state index in [-0.39, 0.29) is 23.7 Å². The fraction of sp³-hybridized carbons (Fsp3) is 0.400. The minimum atomic E-state index is -3.81. The van der Waals surface area contributed by atoms with E-state index in [0.29, 0.717) is 0 Å². The Hall–Kier alpha value is -1.67. The van der Waals surface area contributed by atoms with Gasteiger partial charge in [0.15, 0.2) is 5.03 Å². The molecule has 0 aliphatic heterocycles. The Morgan fingerprint density at radius 1 is 1.67 bits per heavy atom. The molecule has 0 aliphatic carbocycles. The maximum absolute atomic E-state index is 12.1. The van der Waals surface area contributed by atoms with Crippen LogP contribution in [-0.4, -0.2) is 49.1 Å². The normalized spacial score (nSPS) is 11.5. The highest BCUT2D eigenvalue weighted by Gasteiger charge is 2.28. The Balaban J connectivity index is 3.14. The summed E-state index contributed by atoms with van der Waals surface area (Å²) in [6, 6.07) is 0. The zero-order valence-electron chi connectivity index (χ0n) is 10.2. The molecule has 1 N–H and O–H groups in total. The predicted molar refractivity (Wildman–Crippen MR) is 64.6 cm³/mol. The van der Waals surface area contributed by atoms with Crippen molar-refractivity contribution in [1.29, 1.82) is 0 Å². The summed E-state index contributed by atoms with van der Waals surface area (Å²) in [7, 11) is -2.43. The molecule has 0 spiro atoms. The first-order valence-corrected chi connectivity index (χ1v) is 6.66. The highest BCUT2D eigenvalue weighted by Crippen LogP contribution is 2.17. The molecule has 100 valence electrons. The topological polar surface area (TPSA) is 92.4 Å². The van der Waals surface area contributed by atoms with E-state index in [1.165, 1.54) is 13.1 Å². The number of rotatable bonds is 6. The third-order valence-corrected chi connectivity index (χ3v) is 3.95. The van der Waals surface area contributed by atoms with E-state index in [1.807, 2.05) is 0 Å². The molecule has 0 fully saturated rings. The molecule has 0 unspecified atom stereocenters. The lowest BCUT2D eigenvalue weighted by atomic mass is 10.4. The first kappa shape index (κ1) is 14.4. The Bertz CT molecular complexity index is 535. The number of hydrogen-bond acceptors (Lipinski definition) is 5. The molecule has 0 atom stereocenters. The number of carbonyl (C=O) groups is 1. The van der Waals surface area contributed by atoms with Crippen LogP contribution in [0.5, 0.6) is 0 Å². The lowest BCUT2D eigenvalue weighted by Crippen LogP contribution is -2.28. The van der Waals surface area contributed by atoms with E-state index in [0.717, 1.165) is 10.5 Å². The van der Waals surface area contributed by atoms with E-state index in [9.17, 15) is 13.2 Å². The molecule has 0 saturated heterocycles. The number of sulfonamides is 1. The lowest BCUT2D eigenvalue weighted by Gasteiger charge is -2.14. The minimum Gasteiger partial charge on any atom is -0.462 e. The van der Waals surface area contributed by atoms with Gasteiger partial charge in [0.25, 0.3) is 10.0 Å². The number of nitrogens with one attached hydrogen (secondary N) is 1. The lowest BCUT2D eigenvalue weighted by molar-refractivity contribution is 0.0521. The molecule has 0 saturated carbocycles. The summed E-state index contributed by atoms with van der Waals surface area (Å²) < 4.78 is 30.0. The fourth-order valence-electron chi connectivity index (χ4n) is 1.26. The first-order chi connectivity index (χ1) is 8.45. The van der Waals surface area contributed by atoms with Crippen LogP contribution in [-0.2, 0) is 14.8 Å². The third-order valence-electron chi connectivity index (χ3n) is 2.15. The minimum absolute atomic E-state index is 0.104. The Morgan fingerprint density at radius 3 is 2.89 bits per heavy atom. The monoisotopic (exact) mass is 273 g/mol. The molecular formula is C10H15N3O4S. The Morgan fingerprint density at radius 2 is 2.33 bits per heavy atom. The van der Waals surface area contributed by atoms with Crippen LogP contribution in [0.3, 0.4) is 0 Å². The number of likely N-dealkylation sites (N-methyl/N-ethyl adjacent to an activating group) is 1. The van der Waals surface area contributed by atoms with Crippen LogP contribution in [0.25, 0.3) is 0 Å². The van der Waals surface area contributed by atoms with Crippen molar-refractivity contribution < 1.29 is 17.9 Å². The number of ether oxygens (including phenoxy) is 1. The van der Waals surface area contributed by atoms with Crippen molar-refractivity contribution in [3.63, 3.8) is 0 Å². The van der Waals surface area contributed by atoms with Crippen molar-refractivity contribution in [3.05, 3.63) is 24.4 Å². The molecule has 0 aromatic carbocycles. The maximum atomic E-state index is 12.1. The molecule has 8 heteroatoms. The van der Waals surface area contributed by atoms with Crippen molar-refractivity contribution in [2.45, 2.75) is 11.9 Å². The van der Waals surface area contributed by atoms with Crippen LogP contribution >= 0.6 is 0 Å². The molecule has 1 aromatic rings. The van der Waals surface area contributed by atoms with Gasteiger partial charge in [-0.05, 0) is 6.92 Å². The van der Waals surface area contributed by atoms with Crippen LogP contribution in [0.4, 0.5) is 0 Å². The predicted octanol–water partition coefficient (Wildman–Crippen LogP) is 0.393. The standard InChI is InChI=1S/C10H15N3O4S/c1-4-6-13(3)18(15,16)9-8(7-11-12-9)10(14)17-5-2/h4,7H,1,5-6H2,2-3H3,(H,11,12). The molecule has 0 radical (unpaired) electrons. The van der Waals surface area contributed by atoms with Crippen molar-refractivity contribution >= 4 is 16.0 Å². The average Bonchev–Trinajstić information content (AvgIpc) is 2.79. The van der Waals surface area contributed by atoms with Gasteiger partial charge in [-0.15, -0.1) is 6.58 Å². The van der Waals surface area contributed by atoms with E-state index in [2.05, 4.69) is 16.8 Å². The van der Waals surface area contributed by atoms with Gasteiger partial charge in [0.05, 0.1) is 12.8 Å². The molecule has 0 aliphatic rings. The summed E-state index contributed by atoms with van der Waals surface area (Å²) >= 11 is 0. The van der Waals surface area contributed by atoms with Crippen LogP contribution in [0.15, 0.2) is 23.9 Å². The van der Waals surface area contributed by atoms with Crippen molar-refractivity contribution in [2.24, 2.45) is 0 Å². The smallest absolute Gasteiger partial charge is 0.342 e. The highest BCUT2D eigenvalue weighted by atomic mass is 32.2. The molecule has 1 aromatic heterocycles. The van der Waals surface area contributed by atoms with Gasteiger partial charge in [0, 0.05) is 13.6 Å². The quantitative estimate of drug-likeness (QED) is 0.598. The van der Waals surface area contributed by atoms with Crippen LogP contribution in [0.2, 0.25) is 0 Å². The van der Waals surface area contributed by atoms with Crippen molar-refractivity contribution in [3.8, 4) is 0 Å². The largest absolute Gasteiger partial charge is 0.462 e. The van der Waals surface area contributed by atoms with Crippen molar-refractivity contribution in [1.82, 2.24) is 14.5 Å². The molecular weight excluding hydrogens is 258 g/mol. The molecule has 0 bridgehead atoms. The number of esters is 1. The van der Waals surface area contributed by atoms with E-state index >= 15 is 0 Å². The van der Waals surface area contributed by atoms with Crippen LogP contribution < -0.4 is 0 Å². The Labute approximate surface area is 105 Å². The number of hydrogen-bond donors (Lipinski definition) is 1. The summed E-state index contributed by atoms with van der Waals surface area (Å²) in [6.07, 6.45) is 2.57. The molecule has 0 amide bonds. The number of carbonyl (C=O) groups excluding carboxylic acids is 1.